The fraction of sp³-hybridized carbons (Fsp3) is 0.316. The molecule has 0 atom stereocenters. The van der Waals surface area contributed by atoms with Crippen molar-refractivity contribution in [3.63, 3.8) is 0 Å². The lowest BCUT2D eigenvalue weighted by Gasteiger charge is -2.14. The summed E-state index contributed by atoms with van der Waals surface area (Å²) in [4.78, 5) is 4.50. The van der Waals surface area contributed by atoms with Gasteiger partial charge in [0.25, 0.3) is 0 Å². The quantitative estimate of drug-likeness (QED) is 0.591. The van der Waals surface area contributed by atoms with E-state index in [4.69, 9.17) is 16.3 Å². The minimum absolute atomic E-state index is 0.0427. The normalized spacial score (nSPS) is 15.0. The molecular formula is C19H21ClFN3O. The molecule has 132 valence electrons. The summed E-state index contributed by atoms with van der Waals surface area (Å²) in [5.41, 5.74) is 6.02. The third-order valence-corrected chi connectivity index (χ3v) is 4.45. The Balaban J connectivity index is 1.72. The summed E-state index contributed by atoms with van der Waals surface area (Å²) in [5, 5.41) is 2.20. The second-order valence-corrected chi connectivity index (χ2v) is 6.57. The zero-order valence-electron chi connectivity index (χ0n) is 14.4. The van der Waals surface area contributed by atoms with Crippen molar-refractivity contribution < 1.29 is 9.13 Å². The Morgan fingerprint density at radius 1 is 1.16 bits per heavy atom. The molecule has 1 aliphatic heterocycles. The number of aliphatic imine (C=N–C) groups is 1. The molecule has 0 radical (unpaired) electrons. The highest BCUT2D eigenvalue weighted by Crippen LogP contribution is 2.32. The van der Waals surface area contributed by atoms with Gasteiger partial charge < -0.3 is 10.2 Å². The van der Waals surface area contributed by atoms with Crippen molar-refractivity contribution in [3.8, 4) is 11.5 Å². The van der Waals surface area contributed by atoms with E-state index < -0.39 is 5.82 Å². The first-order valence-electron chi connectivity index (χ1n) is 8.31. The largest absolute Gasteiger partial charge is 0.457 e. The van der Waals surface area contributed by atoms with E-state index in [9.17, 15) is 4.39 Å². The van der Waals surface area contributed by atoms with Crippen LogP contribution in [0.5, 0.6) is 11.5 Å². The number of rotatable bonds is 5. The van der Waals surface area contributed by atoms with Gasteiger partial charge >= 0.3 is 0 Å². The molecule has 2 aromatic carbocycles. The van der Waals surface area contributed by atoms with E-state index in [2.05, 4.69) is 15.4 Å². The van der Waals surface area contributed by atoms with Crippen LogP contribution in [0.15, 0.2) is 35.3 Å². The summed E-state index contributed by atoms with van der Waals surface area (Å²) >= 11 is 5.80. The van der Waals surface area contributed by atoms with Gasteiger partial charge in [-0.15, -0.1) is 0 Å². The van der Waals surface area contributed by atoms with Gasteiger partial charge in [0.2, 0.25) is 0 Å². The molecule has 2 aromatic rings. The average Bonchev–Trinajstić information content (AvgIpc) is 3.09. The van der Waals surface area contributed by atoms with Crippen LogP contribution < -0.4 is 10.2 Å². The second kappa shape index (κ2) is 7.85. The summed E-state index contributed by atoms with van der Waals surface area (Å²) < 4.78 is 19.1. The smallest absolute Gasteiger partial charge is 0.142 e. The molecule has 1 aliphatic rings. The standard InChI is InChI=1S/C19H21ClFN3O/c1-13-10-19(25-15-5-6-17(21)16(20)11-15)14(2)9-18(13)22-12-23-24-7-3-4-8-24/h5-6,9-12H,3-4,7-8H2,1-2H3,(H,22,23). The lowest BCUT2D eigenvalue weighted by molar-refractivity contribution is 0.300. The van der Waals surface area contributed by atoms with Crippen LogP contribution in [0.4, 0.5) is 10.1 Å². The Hall–Kier alpha value is -2.11. The van der Waals surface area contributed by atoms with Crippen molar-refractivity contribution in [2.75, 3.05) is 13.1 Å². The lowest BCUT2D eigenvalue weighted by atomic mass is 10.1. The van der Waals surface area contributed by atoms with E-state index in [0.29, 0.717) is 11.5 Å². The summed E-state index contributed by atoms with van der Waals surface area (Å²) in [7, 11) is 0. The van der Waals surface area contributed by atoms with Crippen molar-refractivity contribution >= 4 is 23.6 Å². The molecule has 0 saturated carbocycles. The fourth-order valence-corrected chi connectivity index (χ4v) is 2.89. The zero-order valence-corrected chi connectivity index (χ0v) is 15.1. The van der Waals surface area contributed by atoms with Gasteiger partial charge in [-0.3, -0.25) is 0 Å². The van der Waals surface area contributed by atoms with Crippen molar-refractivity contribution in [1.29, 1.82) is 0 Å². The molecule has 0 unspecified atom stereocenters. The highest BCUT2D eigenvalue weighted by Gasteiger charge is 2.10. The van der Waals surface area contributed by atoms with Crippen LogP contribution in [0.25, 0.3) is 0 Å². The molecule has 0 aliphatic carbocycles. The Labute approximate surface area is 152 Å². The molecule has 3 rings (SSSR count). The van der Waals surface area contributed by atoms with E-state index in [-0.39, 0.29) is 5.02 Å². The minimum atomic E-state index is -0.461. The zero-order chi connectivity index (χ0) is 17.8. The Morgan fingerprint density at radius 3 is 2.64 bits per heavy atom. The summed E-state index contributed by atoms with van der Waals surface area (Å²) in [6, 6.07) is 8.22. The van der Waals surface area contributed by atoms with E-state index in [0.717, 1.165) is 29.9 Å². The monoisotopic (exact) mass is 361 g/mol. The molecule has 6 heteroatoms. The Morgan fingerprint density at radius 2 is 1.92 bits per heavy atom. The Bertz CT molecular complexity index is 788. The number of aryl methyl sites for hydroxylation is 2. The molecule has 1 N–H and O–H groups in total. The second-order valence-electron chi connectivity index (χ2n) is 6.16. The van der Waals surface area contributed by atoms with Gasteiger partial charge in [-0.05, 0) is 62.1 Å². The highest BCUT2D eigenvalue weighted by molar-refractivity contribution is 6.30. The maximum absolute atomic E-state index is 13.3. The van der Waals surface area contributed by atoms with Crippen LogP contribution in [0, 0.1) is 19.7 Å². The van der Waals surface area contributed by atoms with Gasteiger partial charge in [-0.1, -0.05) is 11.6 Å². The topological polar surface area (TPSA) is 36.9 Å². The molecular weight excluding hydrogens is 341 g/mol. The maximum atomic E-state index is 13.3. The van der Waals surface area contributed by atoms with Crippen LogP contribution in [0.1, 0.15) is 24.0 Å². The van der Waals surface area contributed by atoms with Gasteiger partial charge in [-0.25, -0.2) is 14.4 Å². The predicted octanol–water partition coefficient (Wildman–Crippen LogP) is 5.15. The summed E-state index contributed by atoms with van der Waals surface area (Å²) in [5.74, 6) is 0.740. The van der Waals surface area contributed by atoms with E-state index in [1.807, 2.05) is 26.0 Å². The number of ether oxygens (including phenoxy) is 1. The third kappa shape index (κ3) is 4.50. The lowest BCUT2D eigenvalue weighted by Crippen LogP contribution is -2.33. The Kier molecular flexibility index (Phi) is 5.56. The van der Waals surface area contributed by atoms with Crippen LogP contribution in [0.3, 0.4) is 0 Å². The van der Waals surface area contributed by atoms with Gasteiger partial charge in [0, 0.05) is 19.2 Å². The number of hydrazine groups is 1. The van der Waals surface area contributed by atoms with Crippen molar-refractivity contribution in [2.45, 2.75) is 26.7 Å². The number of nitrogens with one attached hydrogen (secondary N) is 1. The number of halogens is 2. The van der Waals surface area contributed by atoms with E-state index in [1.54, 1.807) is 12.4 Å². The van der Waals surface area contributed by atoms with Crippen molar-refractivity contribution in [1.82, 2.24) is 10.4 Å². The van der Waals surface area contributed by atoms with Gasteiger partial charge in [-0.2, -0.15) is 0 Å². The first-order chi connectivity index (χ1) is 12.0. The van der Waals surface area contributed by atoms with Gasteiger partial charge in [0.05, 0.1) is 10.7 Å². The molecule has 0 amide bonds. The molecule has 1 heterocycles. The number of hydrogen-bond acceptors (Lipinski definition) is 3. The maximum Gasteiger partial charge on any atom is 0.142 e. The van der Waals surface area contributed by atoms with E-state index >= 15 is 0 Å². The number of benzene rings is 2. The molecule has 1 saturated heterocycles. The SMILES string of the molecule is Cc1cc(Oc2ccc(F)c(Cl)c2)c(C)cc1/N=C/NN1CCCC1. The number of hydrogen-bond donors (Lipinski definition) is 1. The van der Waals surface area contributed by atoms with Crippen LogP contribution >= 0.6 is 11.6 Å². The molecule has 0 bridgehead atoms. The molecule has 0 aromatic heterocycles. The predicted molar refractivity (Wildman–Crippen MR) is 99.5 cm³/mol. The first-order valence-corrected chi connectivity index (χ1v) is 8.68. The van der Waals surface area contributed by atoms with Crippen molar-refractivity contribution in [3.05, 3.63) is 52.3 Å². The summed E-state index contributed by atoms with van der Waals surface area (Å²) in [6.45, 7) is 6.04. The van der Waals surface area contributed by atoms with Crippen molar-refractivity contribution in [2.24, 2.45) is 4.99 Å². The van der Waals surface area contributed by atoms with Crippen LogP contribution in [-0.4, -0.2) is 24.4 Å². The molecule has 4 nitrogen and oxygen atoms in total. The average molecular weight is 362 g/mol. The first kappa shape index (κ1) is 17.7. The minimum Gasteiger partial charge on any atom is -0.457 e. The van der Waals surface area contributed by atoms with Crippen LogP contribution in [0.2, 0.25) is 5.02 Å². The molecule has 25 heavy (non-hydrogen) atoms. The molecule has 0 spiro atoms. The van der Waals surface area contributed by atoms with Gasteiger partial charge in [0.15, 0.2) is 0 Å². The van der Waals surface area contributed by atoms with E-state index in [1.165, 1.54) is 25.0 Å². The van der Waals surface area contributed by atoms with Crippen LogP contribution in [-0.2, 0) is 0 Å². The molecule has 1 fully saturated rings. The fourth-order valence-electron chi connectivity index (χ4n) is 2.72. The number of nitrogens with zero attached hydrogens (tertiary/aromatic N) is 2. The van der Waals surface area contributed by atoms with Gasteiger partial charge in [0.1, 0.15) is 23.7 Å². The third-order valence-electron chi connectivity index (χ3n) is 4.16. The summed E-state index contributed by atoms with van der Waals surface area (Å²) in [6.07, 6.45) is 4.17. The highest BCUT2D eigenvalue weighted by atomic mass is 35.5.